The lowest BCUT2D eigenvalue weighted by molar-refractivity contribution is -0.127. The predicted octanol–water partition coefficient (Wildman–Crippen LogP) is 0.719. The van der Waals surface area contributed by atoms with Crippen molar-refractivity contribution in [3.05, 3.63) is 18.0 Å². The number of rotatable bonds is 7. The van der Waals surface area contributed by atoms with Gasteiger partial charge < -0.3 is 20.0 Å². The molecule has 1 atom stereocenters. The van der Waals surface area contributed by atoms with Crippen molar-refractivity contribution in [2.24, 2.45) is 0 Å². The summed E-state index contributed by atoms with van der Waals surface area (Å²) in [6, 6.07) is 0.366. The lowest BCUT2D eigenvalue weighted by atomic mass is 10.2. The maximum absolute atomic E-state index is 11.6. The molecule has 1 aromatic heterocycles. The molecule has 25 heavy (non-hydrogen) atoms. The van der Waals surface area contributed by atoms with Gasteiger partial charge in [0.25, 0.3) is 0 Å². The van der Waals surface area contributed by atoms with Crippen LogP contribution >= 0.6 is 0 Å². The summed E-state index contributed by atoms with van der Waals surface area (Å²) < 4.78 is 0. The van der Waals surface area contributed by atoms with Crippen LogP contribution in [0.3, 0.4) is 0 Å². The third kappa shape index (κ3) is 5.12. The van der Waals surface area contributed by atoms with Gasteiger partial charge in [0, 0.05) is 76.2 Å². The van der Waals surface area contributed by atoms with Gasteiger partial charge in [0.2, 0.25) is 11.9 Å². The predicted molar refractivity (Wildman–Crippen MR) is 98.5 cm³/mol. The molecule has 0 radical (unpaired) electrons. The van der Waals surface area contributed by atoms with E-state index in [2.05, 4.69) is 39.1 Å². The zero-order valence-corrected chi connectivity index (χ0v) is 15.4. The quantitative estimate of drug-likeness (QED) is 0.785. The number of amides is 1. The zero-order valence-electron chi connectivity index (χ0n) is 15.4. The second kappa shape index (κ2) is 8.58. The van der Waals surface area contributed by atoms with Gasteiger partial charge in [-0.1, -0.05) is 0 Å². The zero-order chi connectivity index (χ0) is 17.6. The van der Waals surface area contributed by atoms with Gasteiger partial charge in [-0.2, -0.15) is 0 Å². The van der Waals surface area contributed by atoms with Crippen LogP contribution in [0.5, 0.6) is 0 Å². The Balaban J connectivity index is 1.40. The van der Waals surface area contributed by atoms with E-state index in [9.17, 15) is 4.79 Å². The van der Waals surface area contributed by atoms with Crippen LogP contribution in [-0.2, 0) is 11.3 Å². The van der Waals surface area contributed by atoms with Gasteiger partial charge >= 0.3 is 0 Å². The third-order valence-corrected chi connectivity index (χ3v) is 5.14. The highest BCUT2D eigenvalue weighted by Gasteiger charge is 2.20. The average Bonchev–Trinajstić information content (AvgIpc) is 3.04. The van der Waals surface area contributed by atoms with Gasteiger partial charge in [-0.25, -0.2) is 9.97 Å². The highest BCUT2D eigenvalue weighted by molar-refractivity contribution is 5.77. The minimum Gasteiger partial charge on any atom is -0.343 e. The Labute approximate surface area is 150 Å². The summed E-state index contributed by atoms with van der Waals surface area (Å²) in [4.78, 5) is 27.2. The molecule has 1 N–H and O–H groups in total. The van der Waals surface area contributed by atoms with E-state index in [4.69, 9.17) is 0 Å². The van der Waals surface area contributed by atoms with Crippen molar-refractivity contribution in [3.8, 4) is 0 Å². The van der Waals surface area contributed by atoms with Gasteiger partial charge in [0.05, 0.1) is 0 Å². The fourth-order valence-electron chi connectivity index (χ4n) is 3.29. The molecule has 2 aliphatic heterocycles. The molecule has 138 valence electrons. The molecule has 0 spiro atoms. The summed E-state index contributed by atoms with van der Waals surface area (Å²) in [6.45, 7) is 8.80. The van der Waals surface area contributed by atoms with Crippen LogP contribution in [0.25, 0.3) is 0 Å². The molecule has 2 aliphatic rings. The summed E-state index contributed by atoms with van der Waals surface area (Å²) >= 11 is 0. The molecule has 2 saturated heterocycles. The molecule has 2 fully saturated rings. The van der Waals surface area contributed by atoms with E-state index in [1.165, 1.54) is 0 Å². The first kappa shape index (κ1) is 18.1. The van der Waals surface area contributed by atoms with E-state index in [1.807, 2.05) is 17.3 Å². The van der Waals surface area contributed by atoms with Crippen LogP contribution in [0.15, 0.2) is 12.4 Å². The van der Waals surface area contributed by atoms with Crippen molar-refractivity contribution in [1.29, 1.82) is 0 Å². The normalized spacial score (nSPS) is 20.3. The smallest absolute Gasteiger partial charge is 0.225 e. The van der Waals surface area contributed by atoms with E-state index in [0.717, 1.165) is 76.6 Å². The number of nitrogens with one attached hydrogen (secondary N) is 1. The molecule has 1 amide bonds. The number of likely N-dealkylation sites (N-methyl/N-ethyl adjacent to an activating group) is 1. The van der Waals surface area contributed by atoms with Crippen molar-refractivity contribution in [2.45, 2.75) is 38.8 Å². The number of likely N-dealkylation sites (tertiary alicyclic amines) is 1. The van der Waals surface area contributed by atoms with Crippen LogP contribution < -0.4 is 10.2 Å². The molecule has 3 heterocycles. The molecule has 0 bridgehead atoms. The lowest BCUT2D eigenvalue weighted by Gasteiger charge is -2.32. The molecule has 0 unspecified atom stereocenters. The Morgan fingerprint density at radius 1 is 1.16 bits per heavy atom. The van der Waals surface area contributed by atoms with E-state index < -0.39 is 0 Å². The summed E-state index contributed by atoms with van der Waals surface area (Å²) in [5, 5.41) is 3.50. The number of carbonyl (C=O) groups excluding carboxylic acids is 1. The van der Waals surface area contributed by atoms with Crippen LogP contribution in [-0.4, -0.2) is 78.0 Å². The second-order valence-corrected chi connectivity index (χ2v) is 7.24. The Morgan fingerprint density at radius 3 is 2.52 bits per heavy atom. The van der Waals surface area contributed by atoms with Gasteiger partial charge in [0.15, 0.2) is 0 Å². The van der Waals surface area contributed by atoms with Gasteiger partial charge in [0.1, 0.15) is 0 Å². The number of hydrogen-bond acceptors (Lipinski definition) is 6. The summed E-state index contributed by atoms with van der Waals surface area (Å²) in [5.41, 5.74) is 1.10. The summed E-state index contributed by atoms with van der Waals surface area (Å²) in [5.74, 6) is 1.14. The molecule has 0 saturated carbocycles. The Hall–Kier alpha value is -1.73. The van der Waals surface area contributed by atoms with Crippen molar-refractivity contribution in [1.82, 2.24) is 25.1 Å². The topological polar surface area (TPSA) is 64.6 Å². The first-order chi connectivity index (χ1) is 12.1. The van der Waals surface area contributed by atoms with Crippen LogP contribution in [0.4, 0.5) is 5.95 Å². The number of piperazine rings is 1. The Kier molecular flexibility index (Phi) is 6.20. The van der Waals surface area contributed by atoms with Crippen LogP contribution in [0.2, 0.25) is 0 Å². The van der Waals surface area contributed by atoms with Crippen molar-refractivity contribution < 1.29 is 4.79 Å². The average molecular weight is 346 g/mol. The largest absolute Gasteiger partial charge is 0.343 e. The van der Waals surface area contributed by atoms with Gasteiger partial charge in [-0.05, 0) is 26.8 Å². The maximum atomic E-state index is 11.6. The summed E-state index contributed by atoms with van der Waals surface area (Å²) in [6.07, 6.45) is 6.55. The van der Waals surface area contributed by atoms with Crippen molar-refractivity contribution in [3.63, 3.8) is 0 Å². The first-order valence-corrected chi connectivity index (χ1v) is 9.37. The van der Waals surface area contributed by atoms with Gasteiger partial charge in [-0.15, -0.1) is 0 Å². The second-order valence-electron chi connectivity index (χ2n) is 7.24. The monoisotopic (exact) mass is 346 g/mol. The van der Waals surface area contributed by atoms with Crippen LogP contribution in [0.1, 0.15) is 31.7 Å². The molecule has 7 nitrogen and oxygen atoms in total. The Bertz CT molecular complexity index is 555. The maximum Gasteiger partial charge on any atom is 0.225 e. The Morgan fingerprint density at radius 2 is 1.88 bits per heavy atom. The van der Waals surface area contributed by atoms with E-state index >= 15 is 0 Å². The summed E-state index contributed by atoms with van der Waals surface area (Å²) in [7, 11) is 2.15. The van der Waals surface area contributed by atoms with E-state index in [-0.39, 0.29) is 0 Å². The minimum atomic E-state index is 0.306. The molecule has 7 heteroatoms. The minimum absolute atomic E-state index is 0.306. The SMILES string of the molecule is C[C@@H](CCN1CCCC1=O)NCc1cnc(N2CCN(C)CC2)nc1. The highest BCUT2D eigenvalue weighted by atomic mass is 16.2. The molecule has 0 aliphatic carbocycles. The molecule has 3 rings (SSSR count). The number of nitrogens with zero attached hydrogens (tertiary/aromatic N) is 5. The fourth-order valence-corrected chi connectivity index (χ4v) is 3.29. The molecular weight excluding hydrogens is 316 g/mol. The van der Waals surface area contributed by atoms with Crippen molar-refractivity contribution in [2.75, 3.05) is 51.2 Å². The van der Waals surface area contributed by atoms with Gasteiger partial charge in [-0.3, -0.25) is 4.79 Å². The molecule has 0 aromatic carbocycles. The lowest BCUT2D eigenvalue weighted by Crippen LogP contribution is -2.45. The molecule has 1 aromatic rings. The van der Waals surface area contributed by atoms with E-state index in [0.29, 0.717) is 11.9 Å². The number of hydrogen-bond donors (Lipinski definition) is 1. The molecular formula is C18H30N6O. The third-order valence-electron chi connectivity index (χ3n) is 5.14. The first-order valence-electron chi connectivity index (χ1n) is 9.37. The van der Waals surface area contributed by atoms with Crippen molar-refractivity contribution >= 4 is 11.9 Å². The standard InChI is InChI=1S/C18H30N6O/c1-15(5-7-23-6-3-4-17(23)25)19-12-16-13-20-18(21-14-16)24-10-8-22(2)9-11-24/h13-15,19H,3-12H2,1-2H3/t15-/m0/s1. The van der Waals surface area contributed by atoms with E-state index in [1.54, 1.807) is 0 Å². The number of anilines is 1. The van der Waals surface area contributed by atoms with Crippen LogP contribution in [0, 0.1) is 0 Å². The number of aromatic nitrogens is 2. The number of carbonyl (C=O) groups is 1. The highest BCUT2D eigenvalue weighted by Crippen LogP contribution is 2.12. The fraction of sp³-hybridized carbons (Fsp3) is 0.722.